The van der Waals surface area contributed by atoms with Gasteiger partial charge in [-0.2, -0.15) is 0 Å². The molecule has 4 fully saturated rings. The SMILES string of the molecule is CCOc1ccc(NC(=O)[C@@H]2[C@@H]3C=C[C@]4(O3)[C@@H]2C(=O)N(C[C@@H]2CCCO2)[C@H]4C(=O)N[C@@H]2CCCC[C@@H]2C)cc1. The van der Waals surface area contributed by atoms with Crippen LogP contribution in [0.4, 0.5) is 5.69 Å². The molecule has 0 unspecified atom stereocenters. The van der Waals surface area contributed by atoms with E-state index in [1.165, 1.54) is 6.42 Å². The summed E-state index contributed by atoms with van der Waals surface area (Å²) in [6, 6.07) is 6.40. The van der Waals surface area contributed by atoms with Crippen molar-refractivity contribution in [2.75, 3.05) is 25.1 Å². The molecule has 1 aromatic rings. The lowest BCUT2D eigenvalue weighted by atomic mass is 9.74. The lowest BCUT2D eigenvalue weighted by Crippen LogP contribution is -2.58. The first-order valence-corrected chi connectivity index (χ1v) is 14.5. The van der Waals surface area contributed by atoms with Gasteiger partial charge in [-0.05, 0) is 62.8 Å². The van der Waals surface area contributed by atoms with Gasteiger partial charge in [0, 0.05) is 24.9 Å². The summed E-state index contributed by atoms with van der Waals surface area (Å²) in [4.78, 5) is 43.4. The van der Waals surface area contributed by atoms with Crippen LogP contribution in [0.15, 0.2) is 36.4 Å². The number of amides is 3. The number of carbonyl (C=O) groups is 3. The predicted molar refractivity (Wildman–Crippen MR) is 144 cm³/mol. The Kier molecular flexibility index (Phi) is 7.14. The average molecular weight is 538 g/mol. The van der Waals surface area contributed by atoms with Gasteiger partial charge in [0.2, 0.25) is 17.7 Å². The second kappa shape index (κ2) is 10.6. The molecule has 8 atom stereocenters. The van der Waals surface area contributed by atoms with E-state index in [0.29, 0.717) is 31.4 Å². The third kappa shape index (κ3) is 4.63. The van der Waals surface area contributed by atoms with Gasteiger partial charge in [0.25, 0.3) is 0 Å². The molecule has 4 aliphatic heterocycles. The first-order chi connectivity index (χ1) is 18.9. The van der Waals surface area contributed by atoms with E-state index < -0.39 is 29.6 Å². The molecule has 6 rings (SSSR count). The van der Waals surface area contributed by atoms with Gasteiger partial charge in [-0.25, -0.2) is 0 Å². The van der Waals surface area contributed by atoms with Crippen molar-refractivity contribution in [2.45, 2.75) is 82.3 Å². The molecule has 9 nitrogen and oxygen atoms in total. The zero-order valence-corrected chi connectivity index (χ0v) is 22.8. The molecule has 0 aromatic heterocycles. The van der Waals surface area contributed by atoms with Gasteiger partial charge in [0.1, 0.15) is 17.4 Å². The zero-order valence-electron chi connectivity index (χ0n) is 22.8. The lowest BCUT2D eigenvalue weighted by Gasteiger charge is -2.36. The maximum atomic E-state index is 14.1. The predicted octanol–water partition coefficient (Wildman–Crippen LogP) is 3.05. The fraction of sp³-hybridized carbons (Fsp3) is 0.633. The molecule has 2 N–H and O–H groups in total. The number of rotatable bonds is 8. The van der Waals surface area contributed by atoms with E-state index in [4.69, 9.17) is 14.2 Å². The van der Waals surface area contributed by atoms with Crippen LogP contribution in [0.3, 0.4) is 0 Å². The minimum absolute atomic E-state index is 0.0720. The Morgan fingerprint density at radius 2 is 1.90 bits per heavy atom. The molecule has 39 heavy (non-hydrogen) atoms. The van der Waals surface area contributed by atoms with E-state index in [-0.39, 0.29) is 29.9 Å². The van der Waals surface area contributed by atoms with Crippen molar-refractivity contribution >= 4 is 23.4 Å². The molecule has 5 aliphatic rings. The number of anilines is 1. The van der Waals surface area contributed by atoms with E-state index in [9.17, 15) is 14.4 Å². The van der Waals surface area contributed by atoms with Crippen molar-refractivity contribution in [3.8, 4) is 5.75 Å². The van der Waals surface area contributed by atoms with Crippen LogP contribution in [0.1, 0.15) is 52.4 Å². The molecule has 3 amide bonds. The van der Waals surface area contributed by atoms with Gasteiger partial charge >= 0.3 is 0 Å². The maximum Gasteiger partial charge on any atom is 0.246 e. The summed E-state index contributed by atoms with van der Waals surface area (Å²) in [5, 5.41) is 6.24. The quantitative estimate of drug-likeness (QED) is 0.494. The largest absolute Gasteiger partial charge is 0.494 e. The summed E-state index contributed by atoms with van der Waals surface area (Å²) in [6.07, 6.45) is 9.08. The van der Waals surface area contributed by atoms with E-state index in [0.717, 1.165) is 37.9 Å². The molecule has 1 aliphatic carbocycles. The van der Waals surface area contributed by atoms with Gasteiger partial charge in [-0.3, -0.25) is 14.4 Å². The second-order valence-corrected chi connectivity index (χ2v) is 11.7. The highest BCUT2D eigenvalue weighted by atomic mass is 16.5. The van der Waals surface area contributed by atoms with Crippen LogP contribution < -0.4 is 15.4 Å². The Bertz CT molecular complexity index is 1130. The summed E-state index contributed by atoms with van der Waals surface area (Å²) in [5.41, 5.74) is -0.546. The molecule has 1 saturated carbocycles. The number of nitrogens with zero attached hydrogens (tertiary/aromatic N) is 1. The monoisotopic (exact) mass is 537 g/mol. The fourth-order valence-corrected chi connectivity index (χ4v) is 7.29. The number of carbonyl (C=O) groups excluding carboxylic acids is 3. The normalized spacial score (nSPS) is 36.7. The van der Waals surface area contributed by atoms with Gasteiger partial charge in [-0.1, -0.05) is 31.9 Å². The molecule has 9 heteroatoms. The summed E-state index contributed by atoms with van der Waals surface area (Å²) in [5.74, 6) is -1.08. The highest BCUT2D eigenvalue weighted by molar-refractivity contribution is 6.02. The van der Waals surface area contributed by atoms with Crippen molar-refractivity contribution in [1.29, 1.82) is 0 Å². The van der Waals surface area contributed by atoms with Crippen LogP contribution in [-0.4, -0.2) is 72.3 Å². The van der Waals surface area contributed by atoms with Gasteiger partial charge in [0.15, 0.2) is 0 Å². The number of hydrogen-bond donors (Lipinski definition) is 2. The standard InChI is InChI=1S/C30H39N3O6/c1-3-37-20-12-10-19(11-13-20)31-27(34)24-23-14-15-30(39-23)25(24)29(36)33(17-21-8-6-16-38-21)26(30)28(35)32-22-9-5-4-7-18(22)2/h10-15,18,21-26H,3-9,16-17H2,1-2H3,(H,31,34)(H,32,35)/t18-,21-,22+,23-,24+,25-,26-,30-/m0/s1. The molecule has 0 radical (unpaired) electrons. The summed E-state index contributed by atoms with van der Waals surface area (Å²) >= 11 is 0. The molecular weight excluding hydrogens is 498 g/mol. The highest BCUT2D eigenvalue weighted by Gasteiger charge is 2.73. The fourth-order valence-electron chi connectivity index (χ4n) is 7.29. The van der Waals surface area contributed by atoms with E-state index in [1.54, 1.807) is 29.2 Å². The van der Waals surface area contributed by atoms with Gasteiger partial charge in [0.05, 0.1) is 30.7 Å². The van der Waals surface area contributed by atoms with Gasteiger partial charge in [-0.15, -0.1) is 0 Å². The number of benzene rings is 1. The van der Waals surface area contributed by atoms with Crippen molar-refractivity contribution in [3.05, 3.63) is 36.4 Å². The van der Waals surface area contributed by atoms with Crippen molar-refractivity contribution in [3.63, 3.8) is 0 Å². The zero-order chi connectivity index (χ0) is 27.1. The number of ether oxygens (including phenoxy) is 3. The Hall–Kier alpha value is -2.91. The van der Waals surface area contributed by atoms with Crippen LogP contribution in [0.2, 0.25) is 0 Å². The highest BCUT2D eigenvalue weighted by Crippen LogP contribution is 2.55. The van der Waals surface area contributed by atoms with E-state index >= 15 is 0 Å². The Morgan fingerprint density at radius 3 is 2.62 bits per heavy atom. The average Bonchev–Trinajstić information content (AvgIpc) is 3.70. The van der Waals surface area contributed by atoms with Crippen molar-refractivity contribution < 1.29 is 28.6 Å². The molecule has 1 spiro atoms. The number of likely N-dealkylation sites (tertiary alicyclic amines) is 1. The Labute approximate surface area is 229 Å². The van der Waals surface area contributed by atoms with Crippen LogP contribution in [0.5, 0.6) is 5.75 Å². The van der Waals surface area contributed by atoms with Crippen LogP contribution in [-0.2, 0) is 23.9 Å². The number of nitrogens with one attached hydrogen (secondary N) is 2. The third-order valence-corrected chi connectivity index (χ3v) is 9.22. The summed E-state index contributed by atoms with van der Waals surface area (Å²) in [6.45, 7) is 5.63. The smallest absolute Gasteiger partial charge is 0.246 e. The lowest BCUT2D eigenvalue weighted by molar-refractivity contribution is -0.143. The minimum atomic E-state index is -1.16. The van der Waals surface area contributed by atoms with Crippen LogP contribution >= 0.6 is 0 Å². The molecule has 3 saturated heterocycles. The van der Waals surface area contributed by atoms with E-state index in [1.807, 2.05) is 19.1 Å². The molecule has 1 aromatic carbocycles. The second-order valence-electron chi connectivity index (χ2n) is 11.7. The topological polar surface area (TPSA) is 106 Å². The van der Waals surface area contributed by atoms with Crippen LogP contribution in [0.25, 0.3) is 0 Å². The first-order valence-electron chi connectivity index (χ1n) is 14.5. The summed E-state index contributed by atoms with van der Waals surface area (Å²) < 4.78 is 17.8. The molecule has 2 bridgehead atoms. The van der Waals surface area contributed by atoms with Crippen LogP contribution in [0, 0.1) is 17.8 Å². The summed E-state index contributed by atoms with van der Waals surface area (Å²) in [7, 11) is 0. The maximum absolute atomic E-state index is 14.1. The Morgan fingerprint density at radius 1 is 1.10 bits per heavy atom. The molecule has 210 valence electrons. The number of hydrogen-bond acceptors (Lipinski definition) is 6. The number of fused-ring (bicyclic) bond motifs is 1. The first kappa shape index (κ1) is 26.3. The van der Waals surface area contributed by atoms with E-state index in [2.05, 4.69) is 17.6 Å². The van der Waals surface area contributed by atoms with Crippen molar-refractivity contribution in [2.24, 2.45) is 17.8 Å². The van der Waals surface area contributed by atoms with Crippen molar-refractivity contribution in [1.82, 2.24) is 10.2 Å². The Balaban J connectivity index is 1.26. The minimum Gasteiger partial charge on any atom is -0.494 e. The molecule has 4 heterocycles. The third-order valence-electron chi connectivity index (χ3n) is 9.22. The van der Waals surface area contributed by atoms with Gasteiger partial charge < -0.3 is 29.7 Å². The molecular formula is C30H39N3O6.